The van der Waals surface area contributed by atoms with Crippen LogP contribution in [0.3, 0.4) is 0 Å². The molecule has 0 aliphatic heterocycles. The SMILES string of the molecule is COc1ccccc1C(=O)NCC1(c2ccccc2OC)CCC1. The van der Waals surface area contributed by atoms with Gasteiger partial charge < -0.3 is 14.8 Å². The van der Waals surface area contributed by atoms with Crippen LogP contribution in [0.25, 0.3) is 0 Å². The summed E-state index contributed by atoms with van der Waals surface area (Å²) in [4.78, 5) is 12.6. The molecule has 0 saturated heterocycles. The van der Waals surface area contributed by atoms with E-state index in [-0.39, 0.29) is 11.3 Å². The molecule has 2 aromatic carbocycles. The molecule has 3 rings (SSSR count). The number of hydrogen-bond acceptors (Lipinski definition) is 3. The van der Waals surface area contributed by atoms with Gasteiger partial charge in [-0.15, -0.1) is 0 Å². The van der Waals surface area contributed by atoms with Crippen molar-refractivity contribution in [3.8, 4) is 11.5 Å². The van der Waals surface area contributed by atoms with Crippen LogP contribution in [0.15, 0.2) is 48.5 Å². The van der Waals surface area contributed by atoms with Gasteiger partial charge in [-0.1, -0.05) is 36.8 Å². The number of ether oxygens (including phenoxy) is 2. The summed E-state index contributed by atoms with van der Waals surface area (Å²) in [5.41, 5.74) is 1.71. The monoisotopic (exact) mass is 325 g/mol. The summed E-state index contributed by atoms with van der Waals surface area (Å²) in [6.07, 6.45) is 3.28. The van der Waals surface area contributed by atoms with Crippen molar-refractivity contribution in [2.24, 2.45) is 0 Å². The highest BCUT2D eigenvalue weighted by atomic mass is 16.5. The van der Waals surface area contributed by atoms with E-state index >= 15 is 0 Å². The molecular formula is C20H23NO3. The fourth-order valence-electron chi connectivity index (χ4n) is 3.40. The average molecular weight is 325 g/mol. The maximum Gasteiger partial charge on any atom is 0.255 e. The number of para-hydroxylation sites is 2. The summed E-state index contributed by atoms with van der Waals surface area (Å²) in [6, 6.07) is 15.4. The van der Waals surface area contributed by atoms with Crippen LogP contribution < -0.4 is 14.8 Å². The van der Waals surface area contributed by atoms with Gasteiger partial charge in [-0.3, -0.25) is 4.79 Å². The second-order valence-electron chi connectivity index (χ2n) is 6.22. The van der Waals surface area contributed by atoms with Crippen molar-refractivity contribution in [1.82, 2.24) is 5.32 Å². The van der Waals surface area contributed by atoms with Crippen molar-refractivity contribution in [3.63, 3.8) is 0 Å². The standard InChI is InChI=1S/C20H23NO3/c1-23-17-10-5-3-8-15(17)19(22)21-14-20(12-7-13-20)16-9-4-6-11-18(16)24-2/h3-6,8-11H,7,12-14H2,1-2H3,(H,21,22). The maximum absolute atomic E-state index is 12.6. The van der Waals surface area contributed by atoms with E-state index in [9.17, 15) is 4.79 Å². The predicted molar refractivity (Wildman–Crippen MR) is 93.9 cm³/mol. The third kappa shape index (κ3) is 2.96. The molecule has 1 aliphatic carbocycles. The minimum atomic E-state index is -0.103. The maximum atomic E-state index is 12.6. The fraction of sp³-hybridized carbons (Fsp3) is 0.350. The van der Waals surface area contributed by atoms with Crippen LogP contribution in [0.2, 0.25) is 0 Å². The summed E-state index contributed by atoms with van der Waals surface area (Å²) < 4.78 is 10.8. The number of carbonyl (C=O) groups excluding carboxylic acids is 1. The van der Waals surface area contributed by atoms with Gasteiger partial charge in [-0.05, 0) is 31.0 Å². The Morgan fingerprint density at radius 2 is 1.62 bits per heavy atom. The van der Waals surface area contributed by atoms with E-state index in [1.165, 1.54) is 12.0 Å². The largest absolute Gasteiger partial charge is 0.496 e. The van der Waals surface area contributed by atoms with Crippen LogP contribution in [-0.2, 0) is 5.41 Å². The quantitative estimate of drug-likeness (QED) is 0.883. The molecule has 2 aromatic rings. The molecule has 0 bridgehead atoms. The van der Waals surface area contributed by atoms with Gasteiger partial charge in [0.1, 0.15) is 11.5 Å². The lowest BCUT2D eigenvalue weighted by molar-refractivity contribution is 0.0924. The first-order valence-corrected chi connectivity index (χ1v) is 8.25. The molecule has 4 heteroatoms. The smallest absolute Gasteiger partial charge is 0.255 e. The molecule has 1 N–H and O–H groups in total. The Hall–Kier alpha value is -2.49. The highest BCUT2D eigenvalue weighted by Gasteiger charge is 2.40. The number of rotatable bonds is 6. The molecule has 126 valence electrons. The third-order valence-corrected chi connectivity index (χ3v) is 4.93. The molecule has 0 spiro atoms. The van der Waals surface area contributed by atoms with Gasteiger partial charge in [-0.2, -0.15) is 0 Å². The molecule has 0 aromatic heterocycles. The Bertz CT molecular complexity index is 722. The van der Waals surface area contributed by atoms with Crippen molar-refractivity contribution in [2.75, 3.05) is 20.8 Å². The second kappa shape index (κ2) is 6.95. The molecule has 0 heterocycles. The molecule has 0 radical (unpaired) electrons. The van der Waals surface area contributed by atoms with Crippen molar-refractivity contribution in [2.45, 2.75) is 24.7 Å². The predicted octanol–water partition coefficient (Wildman–Crippen LogP) is 3.56. The van der Waals surface area contributed by atoms with Crippen molar-refractivity contribution >= 4 is 5.91 Å². The van der Waals surface area contributed by atoms with Crippen LogP contribution in [0.5, 0.6) is 11.5 Å². The average Bonchev–Trinajstić information content (AvgIpc) is 2.61. The highest BCUT2D eigenvalue weighted by molar-refractivity contribution is 5.97. The topological polar surface area (TPSA) is 47.6 Å². The summed E-state index contributed by atoms with van der Waals surface area (Å²) in [5.74, 6) is 1.38. The molecule has 1 aliphatic rings. The molecule has 1 fully saturated rings. The fourth-order valence-corrected chi connectivity index (χ4v) is 3.40. The normalized spacial score (nSPS) is 15.2. The zero-order valence-electron chi connectivity index (χ0n) is 14.2. The first-order chi connectivity index (χ1) is 11.7. The summed E-state index contributed by atoms with van der Waals surface area (Å²) in [7, 11) is 3.27. The molecular weight excluding hydrogens is 302 g/mol. The summed E-state index contributed by atoms with van der Waals surface area (Å²) in [6.45, 7) is 0.601. The number of amides is 1. The first kappa shape index (κ1) is 16.4. The Morgan fingerprint density at radius 1 is 1.00 bits per heavy atom. The van der Waals surface area contributed by atoms with Gasteiger partial charge in [0.2, 0.25) is 0 Å². The lowest BCUT2D eigenvalue weighted by Crippen LogP contribution is -2.45. The van der Waals surface area contributed by atoms with Crippen molar-refractivity contribution < 1.29 is 14.3 Å². The lowest BCUT2D eigenvalue weighted by atomic mass is 9.64. The molecule has 0 atom stereocenters. The molecule has 0 unspecified atom stereocenters. The number of carbonyl (C=O) groups is 1. The third-order valence-electron chi connectivity index (χ3n) is 4.93. The van der Waals surface area contributed by atoms with Crippen LogP contribution in [-0.4, -0.2) is 26.7 Å². The van der Waals surface area contributed by atoms with Crippen molar-refractivity contribution in [3.05, 3.63) is 59.7 Å². The second-order valence-corrected chi connectivity index (χ2v) is 6.22. The zero-order valence-corrected chi connectivity index (χ0v) is 14.2. The summed E-state index contributed by atoms with van der Waals surface area (Å²) in [5, 5.41) is 3.09. The van der Waals surface area contributed by atoms with E-state index in [1.807, 2.05) is 30.3 Å². The van der Waals surface area contributed by atoms with Crippen LogP contribution >= 0.6 is 0 Å². The number of benzene rings is 2. The zero-order chi connectivity index (χ0) is 17.0. The van der Waals surface area contributed by atoms with Gasteiger partial charge in [0.05, 0.1) is 19.8 Å². The van der Waals surface area contributed by atoms with Crippen LogP contribution in [0, 0.1) is 0 Å². The minimum absolute atomic E-state index is 0.0374. The number of hydrogen-bond donors (Lipinski definition) is 1. The van der Waals surface area contributed by atoms with E-state index in [0.717, 1.165) is 18.6 Å². The molecule has 1 saturated carbocycles. The lowest BCUT2D eigenvalue weighted by Gasteiger charge is -2.43. The Kier molecular flexibility index (Phi) is 4.74. The Balaban J connectivity index is 1.78. The van der Waals surface area contributed by atoms with E-state index in [4.69, 9.17) is 9.47 Å². The van der Waals surface area contributed by atoms with Crippen LogP contribution in [0.4, 0.5) is 0 Å². The Morgan fingerprint density at radius 3 is 2.25 bits per heavy atom. The van der Waals surface area contributed by atoms with Gasteiger partial charge >= 0.3 is 0 Å². The Labute approximate surface area is 142 Å². The molecule has 1 amide bonds. The summed E-state index contributed by atoms with van der Waals surface area (Å²) >= 11 is 0. The minimum Gasteiger partial charge on any atom is -0.496 e. The van der Waals surface area contributed by atoms with E-state index in [0.29, 0.717) is 17.9 Å². The van der Waals surface area contributed by atoms with E-state index in [1.54, 1.807) is 26.4 Å². The van der Waals surface area contributed by atoms with Crippen molar-refractivity contribution in [1.29, 1.82) is 0 Å². The van der Waals surface area contributed by atoms with Gasteiger partial charge in [0, 0.05) is 17.5 Å². The van der Waals surface area contributed by atoms with Crippen LogP contribution in [0.1, 0.15) is 35.2 Å². The van der Waals surface area contributed by atoms with Gasteiger partial charge in [0.25, 0.3) is 5.91 Å². The molecule has 4 nitrogen and oxygen atoms in total. The number of methoxy groups -OCH3 is 2. The number of nitrogens with one attached hydrogen (secondary N) is 1. The van der Waals surface area contributed by atoms with E-state index < -0.39 is 0 Å². The molecule has 24 heavy (non-hydrogen) atoms. The highest BCUT2D eigenvalue weighted by Crippen LogP contribution is 2.46. The van der Waals surface area contributed by atoms with Gasteiger partial charge in [-0.25, -0.2) is 0 Å². The first-order valence-electron chi connectivity index (χ1n) is 8.25. The van der Waals surface area contributed by atoms with Gasteiger partial charge in [0.15, 0.2) is 0 Å². The van der Waals surface area contributed by atoms with E-state index in [2.05, 4.69) is 11.4 Å².